The molecule has 0 radical (unpaired) electrons. The standard InChI is InChI=1S/C17H15BrO4/c18-14-8-6-12(7-9-14)10-15(16(19)20)17(21)22-11-13-4-2-1-3-5-13/h1-9,15H,10-11H2,(H,19,20)/t15-/m1/s1. The third-order valence-corrected chi connectivity index (χ3v) is 3.69. The van der Waals surface area contributed by atoms with Crippen molar-refractivity contribution in [3.05, 3.63) is 70.2 Å². The Morgan fingerprint density at radius 2 is 1.64 bits per heavy atom. The fourth-order valence-corrected chi connectivity index (χ4v) is 2.22. The monoisotopic (exact) mass is 362 g/mol. The summed E-state index contributed by atoms with van der Waals surface area (Å²) in [6, 6.07) is 16.3. The molecule has 0 amide bonds. The maximum absolute atomic E-state index is 12.0. The molecule has 0 bridgehead atoms. The molecule has 2 aromatic rings. The Bertz CT molecular complexity index is 637. The fraction of sp³-hybridized carbons (Fsp3) is 0.176. The lowest BCUT2D eigenvalue weighted by Crippen LogP contribution is -2.27. The summed E-state index contributed by atoms with van der Waals surface area (Å²) in [4.78, 5) is 23.3. The summed E-state index contributed by atoms with van der Waals surface area (Å²) < 4.78 is 6.02. The number of halogens is 1. The smallest absolute Gasteiger partial charge is 0.320 e. The van der Waals surface area contributed by atoms with Crippen molar-refractivity contribution in [1.82, 2.24) is 0 Å². The largest absolute Gasteiger partial charge is 0.481 e. The van der Waals surface area contributed by atoms with E-state index in [1.165, 1.54) is 0 Å². The van der Waals surface area contributed by atoms with Gasteiger partial charge in [-0.05, 0) is 29.7 Å². The lowest BCUT2D eigenvalue weighted by atomic mass is 10.00. The van der Waals surface area contributed by atoms with E-state index in [4.69, 9.17) is 4.74 Å². The molecule has 0 fully saturated rings. The molecular weight excluding hydrogens is 348 g/mol. The van der Waals surface area contributed by atoms with Crippen LogP contribution in [-0.2, 0) is 27.4 Å². The highest BCUT2D eigenvalue weighted by Crippen LogP contribution is 2.16. The van der Waals surface area contributed by atoms with Crippen LogP contribution in [0.3, 0.4) is 0 Å². The zero-order valence-electron chi connectivity index (χ0n) is 11.7. The van der Waals surface area contributed by atoms with Crippen molar-refractivity contribution in [2.24, 2.45) is 5.92 Å². The summed E-state index contributed by atoms with van der Waals surface area (Å²) in [6.07, 6.45) is 0.107. The molecule has 1 N–H and O–H groups in total. The van der Waals surface area contributed by atoms with Gasteiger partial charge in [0.25, 0.3) is 0 Å². The van der Waals surface area contributed by atoms with Crippen LogP contribution >= 0.6 is 15.9 Å². The summed E-state index contributed by atoms with van der Waals surface area (Å²) in [6.45, 7) is 0.0732. The number of carboxylic acid groups (broad SMARTS) is 1. The SMILES string of the molecule is O=C(O)[C@@H](Cc1ccc(Br)cc1)C(=O)OCc1ccccc1. The van der Waals surface area contributed by atoms with Gasteiger partial charge in [-0.15, -0.1) is 0 Å². The van der Waals surface area contributed by atoms with Crippen LogP contribution in [0.5, 0.6) is 0 Å². The molecule has 0 spiro atoms. The van der Waals surface area contributed by atoms with E-state index in [1.807, 2.05) is 42.5 Å². The third kappa shape index (κ3) is 4.70. The Morgan fingerprint density at radius 1 is 1.00 bits per heavy atom. The molecule has 0 aliphatic carbocycles. The number of benzene rings is 2. The lowest BCUT2D eigenvalue weighted by molar-refractivity contribution is -0.159. The van der Waals surface area contributed by atoms with E-state index < -0.39 is 17.9 Å². The average molecular weight is 363 g/mol. The molecule has 0 heterocycles. The van der Waals surface area contributed by atoms with Gasteiger partial charge in [-0.1, -0.05) is 58.4 Å². The van der Waals surface area contributed by atoms with Gasteiger partial charge in [0, 0.05) is 4.47 Å². The zero-order chi connectivity index (χ0) is 15.9. The predicted molar refractivity (Wildman–Crippen MR) is 85.2 cm³/mol. The molecule has 0 aromatic heterocycles. The van der Waals surface area contributed by atoms with Crippen molar-refractivity contribution >= 4 is 27.9 Å². The molecular formula is C17H15BrO4. The van der Waals surface area contributed by atoms with Crippen molar-refractivity contribution < 1.29 is 19.4 Å². The second-order valence-corrected chi connectivity index (χ2v) is 5.73. The molecule has 22 heavy (non-hydrogen) atoms. The van der Waals surface area contributed by atoms with E-state index >= 15 is 0 Å². The fourth-order valence-electron chi connectivity index (χ4n) is 1.96. The van der Waals surface area contributed by atoms with E-state index in [1.54, 1.807) is 12.1 Å². The maximum atomic E-state index is 12.0. The van der Waals surface area contributed by atoms with Gasteiger partial charge in [0.1, 0.15) is 6.61 Å². The van der Waals surface area contributed by atoms with Gasteiger partial charge in [0.15, 0.2) is 5.92 Å². The van der Waals surface area contributed by atoms with E-state index in [2.05, 4.69) is 15.9 Å². The number of carbonyl (C=O) groups excluding carboxylic acids is 1. The summed E-state index contributed by atoms with van der Waals surface area (Å²) >= 11 is 3.31. The third-order valence-electron chi connectivity index (χ3n) is 3.16. The Balaban J connectivity index is 1.99. The van der Waals surface area contributed by atoms with Crippen molar-refractivity contribution in [3.8, 4) is 0 Å². The minimum atomic E-state index is -1.20. The second kappa shape index (κ2) is 7.75. The van der Waals surface area contributed by atoms with Crippen LogP contribution in [0.2, 0.25) is 0 Å². The lowest BCUT2D eigenvalue weighted by Gasteiger charge is -2.12. The second-order valence-electron chi connectivity index (χ2n) is 4.81. The number of hydrogen-bond acceptors (Lipinski definition) is 3. The van der Waals surface area contributed by atoms with Crippen LogP contribution < -0.4 is 0 Å². The number of ether oxygens (including phenoxy) is 1. The Hall–Kier alpha value is -2.14. The van der Waals surface area contributed by atoms with Crippen LogP contribution in [0.25, 0.3) is 0 Å². The van der Waals surface area contributed by atoms with Crippen LogP contribution in [0.15, 0.2) is 59.1 Å². The van der Waals surface area contributed by atoms with Crippen LogP contribution in [0.1, 0.15) is 11.1 Å². The summed E-state index contributed by atoms with van der Waals surface area (Å²) in [5.74, 6) is -3.11. The molecule has 4 nitrogen and oxygen atoms in total. The molecule has 0 unspecified atom stereocenters. The van der Waals surface area contributed by atoms with Crippen molar-refractivity contribution in [1.29, 1.82) is 0 Å². The number of carboxylic acids is 1. The number of carbonyl (C=O) groups is 2. The highest BCUT2D eigenvalue weighted by atomic mass is 79.9. The maximum Gasteiger partial charge on any atom is 0.320 e. The van der Waals surface area contributed by atoms with Gasteiger partial charge < -0.3 is 9.84 Å². The number of rotatable bonds is 6. The van der Waals surface area contributed by atoms with Gasteiger partial charge in [-0.25, -0.2) is 0 Å². The molecule has 0 saturated heterocycles. The minimum Gasteiger partial charge on any atom is -0.481 e. The number of aliphatic carboxylic acids is 1. The molecule has 2 aromatic carbocycles. The Labute approximate surface area is 136 Å². The molecule has 1 atom stereocenters. The minimum absolute atomic E-state index is 0.0732. The summed E-state index contributed by atoms with van der Waals surface area (Å²) in [7, 11) is 0. The van der Waals surface area contributed by atoms with Gasteiger partial charge in [0.2, 0.25) is 0 Å². The van der Waals surface area contributed by atoms with Gasteiger partial charge in [-0.3, -0.25) is 9.59 Å². The van der Waals surface area contributed by atoms with Crippen molar-refractivity contribution in [2.45, 2.75) is 13.0 Å². The first kappa shape index (κ1) is 16.2. The van der Waals surface area contributed by atoms with Gasteiger partial charge >= 0.3 is 11.9 Å². The first-order chi connectivity index (χ1) is 10.6. The van der Waals surface area contributed by atoms with E-state index in [-0.39, 0.29) is 13.0 Å². The predicted octanol–water partition coefficient (Wildman–Crippen LogP) is 3.44. The van der Waals surface area contributed by atoms with E-state index in [9.17, 15) is 14.7 Å². The van der Waals surface area contributed by atoms with E-state index in [0.717, 1.165) is 15.6 Å². The summed E-state index contributed by atoms with van der Waals surface area (Å²) in [5, 5.41) is 9.25. The topological polar surface area (TPSA) is 63.6 Å². The molecule has 114 valence electrons. The van der Waals surface area contributed by atoms with Crippen LogP contribution in [-0.4, -0.2) is 17.0 Å². The molecule has 2 rings (SSSR count). The normalized spacial score (nSPS) is 11.7. The molecule has 0 aliphatic heterocycles. The molecule has 5 heteroatoms. The molecule has 0 aliphatic rings. The molecule has 0 saturated carbocycles. The number of esters is 1. The van der Waals surface area contributed by atoms with E-state index in [0.29, 0.717) is 0 Å². The Morgan fingerprint density at radius 3 is 2.23 bits per heavy atom. The highest BCUT2D eigenvalue weighted by molar-refractivity contribution is 9.10. The van der Waals surface area contributed by atoms with Gasteiger partial charge in [0.05, 0.1) is 0 Å². The first-order valence-electron chi connectivity index (χ1n) is 6.74. The first-order valence-corrected chi connectivity index (χ1v) is 7.53. The summed E-state index contributed by atoms with van der Waals surface area (Å²) in [5.41, 5.74) is 1.59. The quantitative estimate of drug-likeness (QED) is 0.631. The number of hydrogen-bond donors (Lipinski definition) is 1. The average Bonchev–Trinajstić information content (AvgIpc) is 2.52. The van der Waals surface area contributed by atoms with Gasteiger partial charge in [-0.2, -0.15) is 0 Å². The van der Waals surface area contributed by atoms with Crippen LogP contribution in [0.4, 0.5) is 0 Å². The highest BCUT2D eigenvalue weighted by Gasteiger charge is 2.28. The van der Waals surface area contributed by atoms with Crippen LogP contribution in [0, 0.1) is 5.92 Å². The van der Waals surface area contributed by atoms with Crippen molar-refractivity contribution in [3.63, 3.8) is 0 Å². The van der Waals surface area contributed by atoms with Crippen molar-refractivity contribution in [2.75, 3.05) is 0 Å². The Kier molecular flexibility index (Phi) is 5.72. The zero-order valence-corrected chi connectivity index (χ0v) is 13.3.